The van der Waals surface area contributed by atoms with E-state index in [0.29, 0.717) is 5.91 Å². The molecule has 18 heavy (non-hydrogen) atoms. The summed E-state index contributed by atoms with van der Waals surface area (Å²) in [5.74, 6) is 0.476. The van der Waals surface area contributed by atoms with Gasteiger partial charge in [-0.15, -0.1) is 0 Å². The lowest BCUT2D eigenvalue weighted by molar-refractivity contribution is -0.139. The number of aromatic amines is 1. The van der Waals surface area contributed by atoms with Gasteiger partial charge < -0.3 is 14.6 Å². The minimum Gasteiger partial charge on any atom is -0.381 e. The summed E-state index contributed by atoms with van der Waals surface area (Å²) < 4.78 is 6.32. The van der Waals surface area contributed by atoms with Gasteiger partial charge in [0.2, 0.25) is 5.91 Å². The summed E-state index contributed by atoms with van der Waals surface area (Å²) >= 11 is 3.45. The number of ether oxygens (including phenoxy) is 1. The highest BCUT2D eigenvalue weighted by molar-refractivity contribution is 9.10. The second-order valence-corrected chi connectivity index (χ2v) is 5.87. The van der Waals surface area contributed by atoms with E-state index in [1.807, 2.05) is 4.90 Å². The zero-order valence-corrected chi connectivity index (χ0v) is 11.8. The van der Waals surface area contributed by atoms with Crippen LogP contribution in [-0.4, -0.2) is 35.5 Å². The first-order valence-corrected chi connectivity index (χ1v) is 7.26. The van der Waals surface area contributed by atoms with Gasteiger partial charge in [-0.2, -0.15) is 0 Å². The standard InChI is InChI=1S/C13H17BrN2O2/c14-12-7-10-8-16(4-1-11(10)15-12)13(17)9-2-5-18-6-3-9/h7,9,15H,1-6,8H2. The van der Waals surface area contributed by atoms with Crippen molar-refractivity contribution in [2.45, 2.75) is 25.8 Å². The van der Waals surface area contributed by atoms with Crippen LogP contribution >= 0.6 is 15.9 Å². The number of aromatic nitrogens is 1. The van der Waals surface area contributed by atoms with Gasteiger partial charge in [0, 0.05) is 44.3 Å². The second kappa shape index (κ2) is 5.05. The average molecular weight is 313 g/mol. The van der Waals surface area contributed by atoms with Crippen molar-refractivity contribution in [1.29, 1.82) is 0 Å². The van der Waals surface area contributed by atoms with E-state index in [1.54, 1.807) is 0 Å². The van der Waals surface area contributed by atoms with Gasteiger partial charge in [0.1, 0.15) is 0 Å². The van der Waals surface area contributed by atoms with Gasteiger partial charge in [0.25, 0.3) is 0 Å². The number of rotatable bonds is 1. The smallest absolute Gasteiger partial charge is 0.226 e. The van der Waals surface area contributed by atoms with Crippen LogP contribution in [0.15, 0.2) is 10.7 Å². The van der Waals surface area contributed by atoms with E-state index >= 15 is 0 Å². The third-order valence-electron chi connectivity index (χ3n) is 3.83. The Morgan fingerprint density at radius 1 is 1.44 bits per heavy atom. The molecule has 0 unspecified atom stereocenters. The molecule has 0 aromatic carbocycles. The van der Waals surface area contributed by atoms with E-state index < -0.39 is 0 Å². The zero-order chi connectivity index (χ0) is 12.5. The number of carbonyl (C=O) groups is 1. The molecule has 1 saturated heterocycles. The van der Waals surface area contributed by atoms with Crippen molar-refractivity contribution in [3.63, 3.8) is 0 Å². The number of carbonyl (C=O) groups excluding carboxylic acids is 1. The number of H-pyrrole nitrogens is 1. The van der Waals surface area contributed by atoms with Crippen molar-refractivity contribution >= 4 is 21.8 Å². The first-order chi connectivity index (χ1) is 8.74. The second-order valence-electron chi connectivity index (χ2n) is 5.02. The van der Waals surface area contributed by atoms with Gasteiger partial charge >= 0.3 is 0 Å². The van der Waals surface area contributed by atoms with Crippen molar-refractivity contribution in [2.24, 2.45) is 5.92 Å². The van der Waals surface area contributed by atoms with Gasteiger partial charge in [0.05, 0.1) is 4.60 Å². The number of halogens is 1. The SMILES string of the molecule is O=C(C1CCOCC1)N1CCc2[nH]c(Br)cc2C1. The lowest BCUT2D eigenvalue weighted by atomic mass is 9.97. The molecule has 1 fully saturated rings. The van der Waals surface area contributed by atoms with E-state index in [1.165, 1.54) is 11.3 Å². The number of nitrogens with one attached hydrogen (secondary N) is 1. The highest BCUT2D eigenvalue weighted by Crippen LogP contribution is 2.25. The van der Waals surface area contributed by atoms with Crippen LogP contribution in [0.25, 0.3) is 0 Å². The van der Waals surface area contributed by atoms with Crippen LogP contribution in [0.2, 0.25) is 0 Å². The molecule has 0 atom stereocenters. The maximum atomic E-state index is 12.4. The number of fused-ring (bicyclic) bond motifs is 1. The molecule has 0 saturated carbocycles. The van der Waals surface area contributed by atoms with Crippen molar-refractivity contribution < 1.29 is 9.53 Å². The maximum absolute atomic E-state index is 12.4. The molecule has 0 aliphatic carbocycles. The summed E-state index contributed by atoms with van der Waals surface area (Å²) in [6.07, 6.45) is 2.67. The summed E-state index contributed by atoms with van der Waals surface area (Å²) in [6.45, 7) is 3.03. The summed E-state index contributed by atoms with van der Waals surface area (Å²) in [7, 11) is 0. The molecule has 98 valence electrons. The predicted molar refractivity (Wildman–Crippen MR) is 71.2 cm³/mol. The highest BCUT2D eigenvalue weighted by Gasteiger charge is 2.29. The largest absolute Gasteiger partial charge is 0.381 e. The molecule has 3 rings (SSSR count). The molecule has 1 amide bonds. The van der Waals surface area contributed by atoms with Crippen LogP contribution in [0.4, 0.5) is 0 Å². The summed E-state index contributed by atoms with van der Waals surface area (Å²) in [6, 6.07) is 2.08. The first kappa shape index (κ1) is 12.2. The van der Waals surface area contributed by atoms with Gasteiger partial charge in [-0.25, -0.2) is 0 Å². The van der Waals surface area contributed by atoms with Crippen LogP contribution in [0, 0.1) is 5.92 Å². The Kier molecular flexibility index (Phi) is 3.43. The molecule has 0 radical (unpaired) electrons. The van der Waals surface area contributed by atoms with Crippen LogP contribution in [0.5, 0.6) is 0 Å². The Bertz CT molecular complexity index is 452. The molecule has 2 aliphatic rings. The monoisotopic (exact) mass is 312 g/mol. The molecular formula is C13H17BrN2O2. The molecular weight excluding hydrogens is 296 g/mol. The molecule has 1 aromatic rings. The molecule has 5 heteroatoms. The molecule has 4 nitrogen and oxygen atoms in total. The van der Waals surface area contributed by atoms with Crippen molar-refractivity contribution in [3.8, 4) is 0 Å². The van der Waals surface area contributed by atoms with Crippen molar-refractivity contribution in [2.75, 3.05) is 19.8 Å². The highest BCUT2D eigenvalue weighted by atomic mass is 79.9. The fraction of sp³-hybridized carbons (Fsp3) is 0.615. The molecule has 1 aromatic heterocycles. The average Bonchev–Trinajstić information content (AvgIpc) is 2.78. The van der Waals surface area contributed by atoms with Crippen LogP contribution in [0.3, 0.4) is 0 Å². The van der Waals surface area contributed by atoms with Crippen molar-refractivity contribution in [3.05, 3.63) is 21.9 Å². The summed E-state index contributed by atoms with van der Waals surface area (Å²) in [5, 5.41) is 0. The lowest BCUT2D eigenvalue weighted by Crippen LogP contribution is -2.41. The molecule has 2 aliphatic heterocycles. The van der Waals surface area contributed by atoms with Gasteiger partial charge in [0.15, 0.2) is 0 Å². The molecule has 1 N–H and O–H groups in total. The molecule has 3 heterocycles. The fourth-order valence-corrected chi connectivity index (χ4v) is 3.30. The van der Waals surface area contributed by atoms with Crippen LogP contribution < -0.4 is 0 Å². The zero-order valence-electron chi connectivity index (χ0n) is 10.2. The summed E-state index contributed by atoms with van der Waals surface area (Å²) in [4.78, 5) is 17.7. The number of nitrogens with zero attached hydrogens (tertiary/aromatic N) is 1. The van der Waals surface area contributed by atoms with Crippen LogP contribution in [0.1, 0.15) is 24.1 Å². The first-order valence-electron chi connectivity index (χ1n) is 6.47. The van der Waals surface area contributed by atoms with E-state index in [9.17, 15) is 4.79 Å². The van der Waals surface area contributed by atoms with Crippen LogP contribution in [-0.2, 0) is 22.5 Å². The Morgan fingerprint density at radius 2 is 2.22 bits per heavy atom. The normalized spacial score (nSPS) is 20.8. The van der Waals surface area contributed by atoms with E-state index in [-0.39, 0.29) is 5.92 Å². The van der Waals surface area contributed by atoms with E-state index in [2.05, 4.69) is 27.0 Å². The number of hydrogen-bond donors (Lipinski definition) is 1. The lowest BCUT2D eigenvalue weighted by Gasteiger charge is -2.32. The minimum atomic E-state index is 0.169. The Hall–Kier alpha value is -0.810. The third-order valence-corrected chi connectivity index (χ3v) is 4.26. The Morgan fingerprint density at radius 3 is 3.00 bits per heavy atom. The Balaban J connectivity index is 1.69. The predicted octanol–water partition coefficient (Wildman–Crippen LogP) is 2.09. The number of amides is 1. The van der Waals surface area contributed by atoms with Gasteiger partial charge in [-0.3, -0.25) is 4.79 Å². The summed E-state index contributed by atoms with van der Waals surface area (Å²) in [5.41, 5.74) is 2.51. The number of hydrogen-bond acceptors (Lipinski definition) is 2. The Labute approximate surface area is 115 Å². The quantitative estimate of drug-likeness (QED) is 0.863. The van der Waals surface area contributed by atoms with E-state index in [4.69, 9.17) is 4.74 Å². The fourth-order valence-electron chi connectivity index (χ4n) is 2.79. The molecule has 0 spiro atoms. The van der Waals surface area contributed by atoms with Crippen molar-refractivity contribution in [1.82, 2.24) is 9.88 Å². The maximum Gasteiger partial charge on any atom is 0.226 e. The van der Waals surface area contributed by atoms with E-state index in [0.717, 1.165) is 50.2 Å². The third kappa shape index (κ3) is 2.34. The van der Waals surface area contributed by atoms with Gasteiger partial charge in [-0.05, 0) is 40.4 Å². The minimum absolute atomic E-state index is 0.169. The molecule has 0 bridgehead atoms. The van der Waals surface area contributed by atoms with Gasteiger partial charge in [-0.1, -0.05) is 0 Å². The topological polar surface area (TPSA) is 45.3 Å².